The minimum atomic E-state index is 0. The van der Waals surface area contributed by atoms with Crippen LogP contribution in [0.1, 0.15) is 58.8 Å². The maximum atomic E-state index is 12.2. The van der Waals surface area contributed by atoms with Crippen LogP contribution in [-0.2, 0) is 4.79 Å². The normalized spacial score (nSPS) is 18.4. The van der Waals surface area contributed by atoms with Gasteiger partial charge >= 0.3 is 0 Å². The minimum Gasteiger partial charge on any atom is -0.343 e. The summed E-state index contributed by atoms with van der Waals surface area (Å²) >= 11 is 0. The first-order valence-corrected chi connectivity index (χ1v) is 7.29. The van der Waals surface area contributed by atoms with Gasteiger partial charge in [-0.05, 0) is 32.2 Å². The van der Waals surface area contributed by atoms with E-state index in [-0.39, 0.29) is 12.4 Å². The molecule has 1 atom stereocenters. The number of carbonyl (C=O) groups is 1. The molecule has 0 aromatic carbocycles. The van der Waals surface area contributed by atoms with Gasteiger partial charge in [-0.2, -0.15) is 0 Å². The fourth-order valence-corrected chi connectivity index (χ4v) is 2.33. The average molecular weight is 277 g/mol. The van der Waals surface area contributed by atoms with Gasteiger partial charge in [0.05, 0.1) is 0 Å². The lowest BCUT2D eigenvalue weighted by molar-refractivity contribution is -0.131. The highest BCUT2D eigenvalue weighted by Crippen LogP contribution is 2.11. The number of amides is 1. The van der Waals surface area contributed by atoms with Crippen molar-refractivity contribution in [3.8, 4) is 0 Å². The van der Waals surface area contributed by atoms with Gasteiger partial charge in [-0.3, -0.25) is 4.79 Å². The Kier molecular flexibility index (Phi) is 10.5. The van der Waals surface area contributed by atoms with Gasteiger partial charge in [0, 0.05) is 25.6 Å². The van der Waals surface area contributed by atoms with E-state index >= 15 is 0 Å². The topological polar surface area (TPSA) is 32.3 Å². The van der Waals surface area contributed by atoms with Crippen LogP contribution in [0.3, 0.4) is 0 Å². The van der Waals surface area contributed by atoms with E-state index in [9.17, 15) is 4.79 Å². The van der Waals surface area contributed by atoms with E-state index in [4.69, 9.17) is 0 Å². The quantitative estimate of drug-likeness (QED) is 0.739. The second-order valence-electron chi connectivity index (χ2n) is 5.09. The van der Waals surface area contributed by atoms with Crippen molar-refractivity contribution in [2.45, 2.75) is 64.8 Å². The van der Waals surface area contributed by atoms with Crippen LogP contribution < -0.4 is 5.32 Å². The van der Waals surface area contributed by atoms with E-state index in [1.807, 2.05) is 0 Å². The predicted molar refractivity (Wildman–Crippen MR) is 79.3 cm³/mol. The molecule has 0 aromatic heterocycles. The van der Waals surface area contributed by atoms with Crippen molar-refractivity contribution in [2.75, 3.05) is 19.6 Å². The van der Waals surface area contributed by atoms with Crippen molar-refractivity contribution in [2.24, 2.45) is 0 Å². The van der Waals surface area contributed by atoms with E-state index in [0.717, 1.165) is 45.3 Å². The summed E-state index contributed by atoms with van der Waals surface area (Å²) in [4.78, 5) is 14.3. The standard InChI is InChI=1S/C14H28N2O.ClH/c1-3-5-10-16(11-6-4-2)14(17)12-13-8-7-9-15-13;/h13,15H,3-12H2,1-2H3;1H. The molecule has 1 fully saturated rings. The van der Waals surface area contributed by atoms with Crippen LogP contribution in [0, 0.1) is 0 Å². The van der Waals surface area contributed by atoms with Gasteiger partial charge in [-0.15, -0.1) is 12.4 Å². The SMILES string of the molecule is CCCCN(CCCC)C(=O)CC1CCCN1.Cl. The molecule has 0 spiro atoms. The van der Waals surface area contributed by atoms with Crippen molar-refractivity contribution in [1.82, 2.24) is 10.2 Å². The Hall–Kier alpha value is -0.280. The molecule has 18 heavy (non-hydrogen) atoms. The molecule has 1 heterocycles. The molecule has 0 aromatic rings. The summed E-state index contributed by atoms with van der Waals surface area (Å²) < 4.78 is 0. The summed E-state index contributed by atoms with van der Waals surface area (Å²) in [5.74, 6) is 0.353. The van der Waals surface area contributed by atoms with Crippen molar-refractivity contribution in [3.63, 3.8) is 0 Å². The molecule has 1 rings (SSSR count). The zero-order valence-electron chi connectivity index (χ0n) is 11.9. The van der Waals surface area contributed by atoms with Crippen LogP contribution >= 0.6 is 12.4 Å². The molecule has 0 saturated carbocycles. The Bertz CT molecular complexity index is 210. The average Bonchev–Trinajstić information content (AvgIpc) is 2.82. The third-order valence-corrected chi connectivity index (χ3v) is 3.50. The zero-order valence-corrected chi connectivity index (χ0v) is 12.7. The van der Waals surface area contributed by atoms with Gasteiger partial charge in [0.25, 0.3) is 0 Å². The van der Waals surface area contributed by atoms with Crippen LogP contribution in [0.25, 0.3) is 0 Å². The highest BCUT2D eigenvalue weighted by atomic mass is 35.5. The summed E-state index contributed by atoms with van der Waals surface area (Å²) in [6.07, 6.45) is 7.69. The largest absolute Gasteiger partial charge is 0.343 e. The molecular weight excluding hydrogens is 248 g/mol. The molecule has 1 aliphatic rings. The third-order valence-electron chi connectivity index (χ3n) is 3.50. The Morgan fingerprint density at radius 2 is 1.83 bits per heavy atom. The number of carbonyl (C=O) groups excluding carboxylic acids is 1. The lowest BCUT2D eigenvalue weighted by Gasteiger charge is -2.24. The Balaban J connectivity index is 0.00000289. The number of nitrogens with one attached hydrogen (secondary N) is 1. The second-order valence-corrected chi connectivity index (χ2v) is 5.09. The number of nitrogens with zero attached hydrogens (tertiary/aromatic N) is 1. The maximum Gasteiger partial charge on any atom is 0.224 e. The van der Waals surface area contributed by atoms with E-state index in [0.29, 0.717) is 18.4 Å². The first-order valence-electron chi connectivity index (χ1n) is 7.29. The number of hydrogen-bond donors (Lipinski definition) is 1. The summed E-state index contributed by atoms with van der Waals surface area (Å²) in [5, 5.41) is 3.41. The molecule has 0 aliphatic carbocycles. The van der Waals surface area contributed by atoms with E-state index in [1.54, 1.807) is 0 Å². The highest BCUT2D eigenvalue weighted by Gasteiger charge is 2.20. The van der Waals surface area contributed by atoms with Gasteiger partial charge in [-0.25, -0.2) is 0 Å². The van der Waals surface area contributed by atoms with Crippen molar-refractivity contribution in [1.29, 1.82) is 0 Å². The van der Waals surface area contributed by atoms with Gasteiger partial charge in [0.1, 0.15) is 0 Å². The maximum absolute atomic E-state index is 12.2. The van der Waals surface area contributed by atoms with E-state index in [2.05, 4.69) is 24.1 Å². The predicted octanol–water partition coefficient (Wildman–Crippen LogP) is 2.98. The molecular formula is C14H29ClN2O. The fraction of sp³-hybridized carbons (Fsp3) is 0.929. The van der Waals surface area contributed by atoms with Gasteiger partial charge in [-0.1, -0.05) is 26.7 Å². The van der Waals surface area contributed by atoms with Crippen molar-refractivity contribution < 1.29 is 4.79 Å². The second kappa shape index (κ2) is 10.6. The lowest BCUT2D eigenvalue weighted by atomic mass is 10.1. The molecule has 1 unspecified atom stereocenters. The molecule has 3 nitrogen and oxygen atoms in total. The summed E-state index contributed by atoms with van der Waals surface area (Å²) in [7, 11) is 0. The summed E-state index contributed by atoms with van der Waals surface area (Å²) in [5.41, 5.74) is 0. The van der Waals surface area contributed by atoms with Crippen LogP contribution in [0.5, 0.6) is 0 Å². The van der Waals surface area contributed by atoms with Crippen LogP contribution in [0.4, 0.5) is 0 Å². The van der Waals surface area contributed by atoms with Crippen LogP contribution in [-0.4, -0.2) is 36.5 Å². The molecule has 108 valence electrons. The van der Waals surface area contributed by atoms with Crippen molar-refractivity contribution >= 4 is 18.3 Å². The zero-order chi connectivity index (χ0) is 12.5. The molecule has 4 heteroatoms. The van der Waals surface area contributed by atoms with Gasteiger partial charge in [0.2, 0.25) is 5.91 Å². The van der Waals surface area contributed by atoms with Gasteiger partial charge < -0.3 is 10.2 Å². The summed E-state index contributed by atoms with van der Waals surface area (Å²) in [6.45, 7) is 7.34. The number of unbranched alkanes of at least 4 members (excludes halogenated alkanes) is 2. The minimum absolute atomic E-state index is 0. The molecule has 1 saturated heterocycles. The number of rotatable bonds is 8. The third kappa shape index (κ3) is 6.60. The first kappa shape index (κ1) is 17.7. The molecule has 0 bridgehead atoms. The van der Waals surface area contributed by atoms with Crippen molar-refractivity contribution in [3.05, 3.63) is 0 Å². The Labute approximate surface area is 118 Å². The molecule has 1 aliphatic heterocycles. The Morgan fingerprint density at radius 1 is 1.22 bits per heavy atom. The van der Waals surface area contributed by atoms with E-state index < -0.39 is 0 Å². The monoisotopic (exact) mass is 276 g/mol. The molecule has 1 N–H and O–H groups in total. The highest BCUT2D eigenvalue weighted by molar-refractivity contribution is 5.85. The van der Waals surface area contributed by atoms with E-state index in [1.165, 1.54) is 12.8 Å². The first-order chi connectivity index (χ1) is 8.27. The molecule has 0 radical (unpaired) electrons. The fourth-order valence-electron chi connectivity index (χ4n) is 2.33. The summed E-state index contributed by atoms with van der Waals surface area (Å²) in [6, 6.07) is 0.438. The molecule has 1 amide bonds. The van der Waals surface area contributed by atoms with Crippen LogP contribution in [0.15, 0.2) is 0 Å². The van der Waals surface area contributed by atoms with Gasteiger partial charge in [0.15, 0.2) is 0 Å². The van der Waals surface area contributed by atoms with Crippen LogP contribution in [0.2, 0.25) is 0 Å². The smallest absolute Gasteiger partial charge is 0.224 e. The number of hydrogen-bond acceptors (Lipinski definition) is 2. The Morgan fingerprint density at radius 3 is 2.28 bits per heavy atom. The number of halogens is 1. The lowest BCUT2D eigenvalue weighted by Crippen LogP contribution is -2.37.